The number of nitrogens with one attached hydrogen (secondary N) is 1. The highest BCUT2D eigenvalue weighted by molar-refractivity contribution is 5.76. The zero-order chi connectivity index (χ0) is 10.8. The quantitative estimate of drug-likeness (QED) is 0.383. The van der Waals surface area contributed by atoms with Crippen LogP contribution in [0.4, 0.5) is 0 Å². The Hall–Kier alpha value is -1.18. The second kappa shape index (κ2) is 8.42. The van der Waals surface area contributed by atoms with Crippen LogP contribution in [0.5, 0.6) is 0 Å². The number of hydrogen-bond acceptors (Lipinski definition) is 5. The number of hydrogen-bond donors (Lipinski definition) is 2. The lowest BCUT2D eigenvalue weighted by atomic mass is 10.6. The van der Waals surface area contributed by atoms with Crippen LogP contribution in [0.1, 0.15) is 0 Å². The number of carboxylic acids is 1. The van der Waals surface area contributed by atoms with Crippen molar-refractivity contribution in [1.29, 1.82) is 0 Å². The summed E-state index contributed by atoms with van der Waals surface area (Å²) in [4.78, 5) is 25.4. The first kappa shape index (κ1) is 12.8. The van der Waals surface area contributed by atoms with E-state index >= 15 is 0 Å². The van der Waals surface area contributed by atoms with Crippen molar-refractivity contribution in [1.82, 2.24) is 5.48 Å². The predicted octanol–water partition coefficient (Wildman–Crippen LogP) is -1.22. The third kappa shape index (κ3) is 8.91. The molecule has 1 amide bonds. The molecule has 0 spiro atoms. The van der Waals surface area contributed by atoms with E-state index in [4.69, 9.17) is 5.11 Å². The first-order valence-corrected chi connectivity index (χ1v) is 3.86. The molecule has 0 aliphatic rings. The van der Waals surface area contributed by atoms with Crippen molar-refractivity contribution in [3.63, 3.8) is 0 Å². The lowest BCUT2D eigenvalue weighted by molar-refractivity contribution is -0.146. The molecule has 0 saturated heterocycles. The molecule has 0 unspecified atom stereocenters. The Labute approximate surface area is 80.9 Å². The minimum Gasteiger partial charge on any atom is -0.480 e. The highest BCUT2D eigenvalue weighted by Crippen LogP contribution is 1.77. The number of amides is 1. The summed E-state index contributed by atoms with van der Waals surface area (Å²) >= 11 is 0. The number of carbonyl (C=O) groups excluding carboxylic acids is 1. The van der Waals surface area contributed by atoms with Gasteiger partial charge >= 0.3 is 5.97 Å². The molecule has 0 bridgehead atoms. The van der Waals surface area contributed by atoms with Gasteiger partial charge in [-0.05, 0) is 0 Å². The third-order valence-electron chi connectivity index (χ3n) is 1.03. The highest BCUT2D eigenvalue weighted by Gasteiger charge is 2.02. The van der Waals surface area contributed by atoms with Gasteiger partial charge in [0.1, 0.15) is 13.2 Å². The summed E-state index contributed by atoms with van der Waals surface area (Å²) in [5.41, 5.74) is 2.05. The molecular weight excluding hydrogens is 194 g/mol. The molecule has 0 radical (unpaired) electrons. The monoisotopic (exact) mass is 207 g/mol. The van der Waals surface area contributed by atoms with Crippen molar-refractivity contribution < 1.29 is 29.0 Å². The number of aliphatic carboxylic acids is 1. The molecule has 82 valence electrons. The van der Waals surface area contributed by atoms with Crippen molar-refractivity contribution in [2.24, 2.45) is 0 Å². The molecule has 0 fully saturated rings. The van der Waals surface area contributed by atoms with E-state index in [9.17, 15) is 9.59 Å². The van der Waals surface area contributed by atoms with Gasteiger partial charge < -0.3 is 14.6 Å². The summed E-state index contributed by atoms with van der Waals surface area (Å²) < 4.78 is 9.14. The Kier molecular flexibility index (Phi) is 7.71. The molecule has 0 atom stereocenters. The molecule has 14 heavy (non-hydrogen) atoms. The van der Waals surface area contributed by atoms with Crippen molar-refractivity contribution in [2.75, 3.05) is 33.5 Å². The second-order valence-corrected chi connectivity index (χ2v) is 2.25. The SMILES string of the molecule is COCCONC(=O)COCC(=O)O. The normalized spacial score (nSPS) is 9.79. The molecule has 7 nitrogen and oxygen atoms in total. The molecule has 0 aromatic rings. The van der Waals surface area contributed by atoms with Gasteiger partial charge in [0.05, 0.1) is 13.2 Å². The lowest BCUT2D eigenvalue weighted by Gasteiger charge is -2.04. The van der Waals surface area contributed by atoms with E-state index in [1.54, 1.807) is 0 Å². The number of carboxylic acid groups (broad SMARTS) is 1. The van der Waals surface area contributed by atoms with Crippen molar-refractivity contribution in [3.05, 3.63) is 0 Å². The fourth-order valence-electron chi connectivity index (χ4n) is 0.517. The van der Waals surface area contributed by atoms with E-state index in [1.807, 2.05) is 0 Å². The third-order valence-corrected chi connectivity index (χ3v) is 1.03. The van der Waals surface area contributed by atoms with Gasteiger partial charge in [0, 0.05) is 7.11 Å². The van der Waals surface area contributed by atoms with Gasteiger partial charge in [-0.25, -0.2) is 10.3 Å². The Balaban J connectivity index is 3.24. The standard InChI is InChI=1S/C7H13NO6/c1-12-2-3-14-8-6(9)4-13-5-7(10)11/h2-5H2,1H3,(H,8,9)(H,10,11). The van der Waals surface area contributed by atoms with Gasteiger partial charge in [-0.15, -0.1) is 0 Å². The van der Waals surface area contributed by atoms with Crippen LogP contribution < -0.4 is 5.48 Å². The molecule has 0 heterocycles. The summed E-state index contributed by atoms with van der Waals surface area (Å²) in [5.74, 6) is -1.67. The van der Waals surface area contributed by atoms with Gasteiger partial charge in [-0.1, -0.05) is 0 Å². The van der Waals surface area contributed by atoms with Gasteiger partial charge in [0.15, 0.2) is 0 Å². The molecule has 0 aromatic carbocycles. The minimum atomic E-state index is -1.13. The number of rotatable bonds is 8. The largest absolute Gasteiger partial charge is 0.480 e. The smallest absolute Gasteiger partial charge is 0.329 e. The molecular formula is C7H13NO6. The highest BCUT2D eigenvalue weighted by atomic mass is 16.7. The van der Waals surface area contributed by atoms with E-state index in [-0.39, 0.29) is 13.2 Å². The van der Waals surface area contributed by atoms with Gasteiger partial charge in [0.2, 0.25) is 0 Å². The summed E-state index contributed by atoms with van der Waals surface area (Å²) in [6.07, 6.45) is 0. The zero-order valence-electron chi connectivity index (χ0n) is 7.82. The van der Waals surface area contributed by atoms with Crippen molar-refractivity contribution in [2.45, 2.75) is 0 Å². The maximum Gasteiger partial charge on any atom is 0.329 e. The number of carbonyl (C=O) groups is 2. The fraction of sp³-hybridized carbons (Fsp3) is 0.714. The van der Waals surface area contributed by atoms with E-state index in [1.165, 1.54) is 7.11 Å². The Morgan fingerprint density at radius 2 is 2.00 bits per heavy atom. The van der Waals surface area contributed by atoms with Gasteiger partial charge in [-0.3, -0.25) is 9.63 Å². The number of methoxy groups -OCH3 is 1. The molecule has 0 saturated carbocycles. The maximum absolute atomic E-state index is 10.8. The first-order valence-electron chi connectivity index (χ1n) is 3.86. The molecule has 0 aromatic heterocycles. The second-order valence-electron chi connectivity index (χ2n) is 2.25. The van der Waals surface area contributed by atoms with Crippen LogP contribution in [-0.2, 0) is 23.9 Å². The summed E-state index contributed by atoms with van der Waals surface area (Å²) in [7, 11) is 1.50. The molecule has 0 aliphatic carbocycles. The lowest BCUT2D eigenvalue weighted by Crippen LogP contribution is -2.29. The molecule has 2 N–H and O–H groups in total. The summed E-state index contributed by atoms with van der Waals surface area (Å²) in [6.45, 7) is -0.276. The van der Waals surface area contributed by atoms with Crippen LogP contribution in [-0.4, -0.2) is 50.5 Å². The molecule has 0 aliphatic heterocycles. The molecule has 0 rings (SSSR count). The van der Waals surface area contributed by atoms with Crippen LogP contribution in [0.25, 0.3) is 0 Å². The number of ether oxygens (including phenoxy) is 2. The van der Waals surface area contributed by atoms with Crippen LogP contribution in [0.3, 0.4) is 0 Å². The van der Waals surface area contributed by atoms with E-state index in [0.29, 0.717) is 6.61 Å². The van der Waals surface area contributed by atoms with Gasteiger partial charge in [0.25, 0.3) is 5.91 Å². The number of hydroxylamine groups is 1. The zero-order valence-corrected chi connectivity index (χ0v) is 7.82. The Bertz CT molecular complexity index is 183. The van der Waals surface area contributed by atoms with E-state index < -0.39 is 18.5 Å². The van der Waals surface area contributed by atoms with E-state index in [0.717, 1.165) is 0 Å². The summed E-state index contributed by atoms with van der Waals surface area (Å²) in [5, 5.41) is 8.17. The van der Waals surface area contributed by atoms with Crippen LogP contribution >= 0.6 is 0 Å². The van der Waals surface area contributed by atoms with E-state index in [2.05, 4.69) is 19.8 Å². The van der Waals surface area contributed by atoms with Crippen molar-refractivity contribution >= 4 is 11.9 Å². The predicted molar refractivity (Wildman–Crippen MR) is 44.4 cm³/mol. The Morgan fingerprint density at radius 1 is 1.29 bits per heavy atom. The topological polar surface area (TPSA) is 94.1 Å². The average molecular weight is 207 g/mol. The maximum atomic E-state index is 10.8. The fourth-order valence-corrected chi connectivity index (χ4v) is 0.517. The van der Waals surface area contributed by atoms with Gasteiger partial charge in [-0.2, -0.15) is 0 Å². The molecule has 7 heteroatoms. The minimum absolute atomic E-state index is 0.223. The van der Waals surface area contributed by atoms with Crippen LogP contribution in [0, 0.1) is 0 Å². The van der Waals surface area contributed by atoms with Crippen LogP contribution in [0.15, 0.2) is 0 Å². The van der Waals surface area contributed by atoms with Crippen molar-refractivity contribution in [3.8, 4) is 0 Å². The van der Waals surface area contributed by atoms with Crippen LogP contribution in [0.2, 0.25) is 0 Å². The first-order chi connectivity index (χ1) is 6.66. The average Bonchev–Trinajstić information content (AvgIpc) is 2.12. The summed E-state index contributed by atoms with van der Waals surface area (Å²) in [6, 6.07) is 0. The Morgan fingerprint density at radius 3 is 2.57 bits per heavy atom.